The van der Waals surface area contributed by atoms with E-state index in [9.17, 15) is 18.0 Å². The molecule has 3 rings (SSSR count). The molecule has 150 valence electrons. The van der Waals surface area contributed by atoms with Crippen molar-refractivity contribution in [3.63, 3.8) is 0 Å². The van der Waals surface area contributed by atoms with E-state index >= 15 is 0 Å². The highest BCUT2D eigenvalue weighted by atomic mass is 35.5. The van der Waals surface area contributed by atoms with E-state index in [-0.39, 0.29) is 16.7 Å². The van der Waals surface area contributed by atoms with Crippen molar-refractivity contribution in [2.45, 2.75) is 32.0 Å². The van der Waals surface area contributed by atoms with Gasteiger partial charge < -0.3 is 15.4 Å². The molecule has 1 heterocycles. The van der Waals surface area contributed by atoms with Gasteiger partial charge in [0.25, 0.3) is 5.91 Å². The molecular formula is C20H20ClF3N2O2. The molecule has 0 unspecified atom stereocenters. The Kier molecular flexibility index (Phi) is 5.34. The van der Waals surface area contributed by atoms with Crippen molar-refractivity contribution >= 4 is 23.2 Å². The number of hydrogen-bond donors (Lipinski definition) is 2. The summed E-state index contributed by atoms with van der Waals surface area (Å²) in [5, 5.41) is 6.28. The van der Waals surface area contributed by atoms with Crippen molar-refractivity contribution in [2.75, 3.05) is 19.0 Å². The van der Waals surface area contributed by atoms with Crippen molar-refractivity contribution < 1.29 is 22.7 Å². The van der Waals surface area contributed by atoms with Crippen LogP contribution in [0.15, 0.2) is 30.3 Å². The molecule has 0 radical (unpaired) electrons. The van der Waals surface area contributed by atoms with E-state index in [0.29, 0.717) is 17.3 Å². The third-order valence-electron chi connectivity index (χ3n) is 4.86. The number of carbonyl (C=O) groups is 1. The Bertz CT molecular complexity index is 926. The summed E-state index contributed by atoms with van der Waals surface area (Å²) < 4.78 is 44.3. The van der Waals surface area contributed by atoms with Crippen molar-refractivity contribution in [2.24, 2.45) is 0 Å². The first kappa shape index (κ1) is 20.5. The van der Waals surface area contributed by atoms with Crippen LogP contribution in [0.1, 0.15) is 40.9 Å². The van der Waals surface area contributed by atoms with E-state index in [4.69, 9.17) is 16.3 Å². The Balaban J connectivity index is 1.92. The minimum absolute atomic E-state index is 0.114. The Labute approximate surface area is 166 Å². The molecule has 1 aliphatic rings. The fourth-order valence-corrected chi connectivity index (χ4v) is 3.66. The summed E-state index contributed by atoms with van der Waals surface area (Å²) in [6, 6.07) is 6.75. The number of anilines is 1. The number of amides is 1. The Hall–Kier alpha value is -2.25. The van der Waals surface area contributed by atoms with Crippen LogP contribution in [0, 0.1) is 0 Å². The second kappa shape index (κ2) is 7.29. The minimum Gasteiger partial charge on any atom is -0.496 e. The van der Waals surface area contributed by atoms with Crippen LogP contribution >= 0.6 is 11.6 Å². The maximum Gasteiger partial charge on any atom is 0.419 e. The van der Waals surface area contributed by atoms with E-state index in [1.165, 1.54) is 6.07 Å². The van der Waals surface area contributed by atoms with Crippen LogP contribution in [-0.4, -0.2) is 19.6 Å². The van der Waals surface area contributed by atoms with E-state index in [2.05, 4.69) is 24.5 Å². The molecule has 4 nitrogen and oxygen atoms in total. The summed E-state index contributed by atoms with van der Waals surface area (Å²) in [7, 11) is 1.15. The van der Waals surface area contributed by atoms with Gasteiger partial charge in [-0.3, -0.25) is 4.79 Å². The standard InChI is InChI=1S/C20H20ClF3N2O2/c1-19(2)10-25-9-12-13(19)5-6-15(17(12)21)26-18(27)11-4-7-16(28-3)14(8-11)20(22,23)24/h4-8,25H,9-10H2,1-3H3,(H,26,27). The zero-order valence-electron chi connectivity index (χ0n) is 15.6. The van der Waals surface area contributed by atoms with Crippen molar-refractivity contribution in [3.8, 4) is 5.75 Å². The van der Waals surface area contributed by atoms with Crippen LogP contribution in [0.3, 0.4) is 0 Å². The molecule has 2 aromatic carbocycles. The molecule has 0 saturated carbocycles. The molecule has 0 aromatic heterocycles. The Morgan fingerprint density at radius 1 is 1.25 bits per heavy atom. The van der Waals surface area contributed by atoms with Gasteiger partial charge in [-0.1, -0.05) is 31.5 Å². The Morgan fingerprint density at radius 3 is 2.61 bits per heavy atom. The highest BCUT2D eigenvalue weighted by Gasteiger charge is 2.35. The number of alkyl halides is 3. The summed E-state index contributed by atoms with van der Waals surface area (Å²) >= 11 is 6.48. The number of rotatable bonds is 3. The molecule has 0 bridgehead atoms. The first-order valence-corrected chi connectivity index (χ1v) is 9.01. The lowest BCUT2D eigenvalue weighted by molar-refractivity contribution is -0.138. The van der Waals surface area contributed by atoms with Crippen LogP contribution in [0.25, 0.3) is 0 Å². The monoisotopic (exact) mass is 412 g/mol. The Morgan fingerprint density at radius 2 is 1.96 bits per heavy atom. The number of nitrogens with one attached hydrogen (secondary N) is 2. The van der Waals surface area contributed by atoms with Gasteiger partial charge in [-0.2, -0.15) is 13.2 Å². The summed E-state index contributed by atoms with van der Waals surface area (Å²) in [6.45, 7) is 5.53. The number of halogens is 4. The van der Waals surface area contributed by atoms with Crippen LogP contribution in [0.2, 0.25) is 5.02 Å². The summed E-state index contributed by atoms with van der Waals surface area (Å²) in [4.78, 5) is 12.5. The molecule has 2 N–H and O–H groups in total. The first-order valence-electron chi connectivity index (χ1n) is 8.64. The van der Waals surface area contributed by atoms with E-state index < -0.39 is 17.6 Å². The molecule has 8 heteroatoms. The summed E-state index contributed by atoms with van der Waals surface area (Å²) in [5.41, 5.74) is 1.05. The van der Waals surface area contributed by atoms with Crippen LogP contribution in [-0.2, 0) is 18.1 Å². The number of hydrogen-bond acceptors (Lipinski definition) is 3. The zero-order valence-corrected chi connectivity index (χ0v) is 16.4. The van der Waals surface area contributed by atoms with Gasteiger partial charge in [-0.05, 0) is 35.4 Å². The fraction of sp³-hybridized carbons (Fsp3) is 0.350. The maximum absolute atomic E-state index is 13.2. The highest BCUT2D eigenvalue weighted by Crippen LogP contribution is 2.39. The number of benzene rings is 2. The van der Waals surface area contributed by atoms with Crippen LogP contribution in [0.5, 0.6) is 5.75 Å². The van der Waals surface area contributed by atoms with E-state index in [0.717, 1.165) is 36.9 Å². The van der Waals surface area contributed by atoms with Crippen molar-refractivity contribution in [3.05, 3.63) is 57.6 Å². The average molecular weight is 413 g/mol. The number of ether oxygens (including phenoxy) is 1. The average Bonchev–Trinajstić information content (AvgIpc) is 2.62. The second-order valence-electron chi connectivity index (χ2n) is 7.31. The zero-order chi connectivity index (χ0) is 20.7. The predicted molar refractivity (Wildman–Crippen MR) is 102 cm³/mol. The third-order valence-corrected chi connectivity index (χ3v) is 5.29. The molecular weight excluding hydrogens is 393 g/mol. The SMILES string of the molecule is COc1ccc(C(=O)Nc2ccc3c(c2Cl)CNCC3(C)C)cc1C(F)(F)F. The van der Waals surface area contributed by atoms with Crippen LogP contribution in [0.4, 0.5) is 18.9 Å². The fourth-order valence-electron chi connectivity index (χ4n) is 3.39. The topological polar surface area (TPSA) is 50.4 Å². The van der Waals surface area contributed by atoms with Crippen molar-refractivity contribution in [1.29, 1.82) is 0 Å². The van der Waals surface area contributed by atoms with E-state index in [1.807, 2.05) is 6.07 Å². The predicted octanol–water partition coefficient (Wildman–Crippen LogP) is 5.00. The summed E-state index contributed by atoms with van der Waals surface area (Å²) in [5.74, 6) is -1.03. The van der Waals surface area contributed by atoms with Gasteiger partial charge in [-0.15, -0.1) is 0 Å². The van der Waals surface area contributed by atoms with Crippen molar-refractivity contribution in [1.82, 2.24) is 5.32 Å². The number of carbonyl (C=O) groups excluding carboxylic acids is 1. The van der Waals surface area contributed by atoms with Gasteiger partial charge in [0, 0.05) is 24.1 Å². The molecule has 0 aliphatic carbocycles. The van der Waals surface area contributed by atoms with Gasteiger partial charge in [-0.25, -0.2) is 0 Å². The highest BCUT2D eigenvalue weighted by molar-refractivity contribution is 6.34. The van der Waals surface area contributed by atoms with Gasteiger partial charge in [0.2, 0.25) is 0 Å². The largest absolute Gasteiger partial charge is 0.496 e. The lowest BCUT2D eigenvalue weighted by Gasteiger charge is -2.34. The second-order valence-corrected chi connectivity index (χ2v) is 7.69. The van der Waals surface area contributed by atoms with Crippen LogP contribution < -0.4 is 15.4 Å². The molecule has 2 aromatic rings. The lowest BCUT2D eigenvalue weighted by atomic mass is 9.79. The first-order chi connectivity index (χ1) is 13.0. The van der Waals surface area contributed by atoms with Gasteiger partial charge in [0.05, 0.1) is 23.4 Å². The molecule has 0 spiro atoms. The molecule has 0 fully saturated rings. The molecule has 0 atom stereocenters. The minimum atomic E-state index is -4.64. The number of fused-ring (bicyclic) bond motifs is 1. The number of methoxy groups -OCH3 is 1. The maximum atomic E-state index is 13.2. The van der Waals surface area contributed by atoms with Gasteiger partial charge in [0.1, 0.15) is 5.75 Å². The summed E-state index contributed by atoms with van der Waals surface area (Å²) in [6.07, 6.45) is -4.64. The van der Waals surface area contributed by atoms with E-state index in [1.54, 1.807) is 6.07 Å². The molecule has 1 aliphatic heterocycles. The smallest absolute Gasteiger partial charge is 0.419 e. The molecule has 28 heavy (non-hydrogen) atoms. The normalized spacial score (nSPS) is 15.7. The van der Waals surface area contributed by atoms with Gasteiger partial charge in [0.15, 0.2) is 0 Å². The molecule has 0 saturated heterocycles. The molecule has 1 amide bonds. The van der Waals surface area contributed by atoms with Gasteiger partial charge >= 0.3 is 6.18 Å². The third kappa shape index (κ3) is 3.82. The quantitative estimate of drug-likeness (QED) is 0.745. The lowest BCUT2D eigenvalue weighted by Crippen LogP contribution is -2.38.